The van der Waals surface area contributed by atoms with Crippen LogP contribution in [0.3, 0.4) is 0 Å². The first-order valence-corrected chi connectivity index (χ1v) is 9.51. The molecule has 0 aliphatic rings. The summed E-state index contributed by atoms with van der Waals surface area (Å²) in [6.45, 7) is 8.64. The van der Waals surface area contributed by atoms with Crippen LogP contribution in [0, 0.1) is 11.8 Å². The summed E-state index contributed by atoms with van der Waals surface area (Å²) in [7, 11) is 0. The van der Waals surface area contributed by atoms with Crippen molar-refractivity contribution >= 4 is 22.7 Å². The molecule has 0 saturated carbocycles. The smallest absolute Gasteiger partial charge is 0.242 e. The predicted molar refractivity (Wildman–Crippen MR) is 106 cm³/mol. The molecule has 26 heavy (non-hydrogen) atoms. The topological polar surface area (TPSA) is 74.0 Å². The number of benzene rings is 1. The molecule has 0 bridgehead atoms. The van der Waals surface area contributed by atoms with Gasteiger partial charge in [0.05, 0.1) is 0 Å². The summed E-state index contributed by atoms with van der Waals surface area (Å²) in [6.07, 6.45) is 4.41. The second-order valence-electron chi connectivity index (χ2n) is 7.61. The monoisotopic (exact) mass is 357 g/mol. The summed E-state index contributed by atoms with van der Waals surface area (Å²) < 4.78 is 0. The third kappa shape index (κ3) is 5.61. The van der Waals surface area contributed by atoms with Crippen LogP contribution in [0.15, 0.2) is 30.5 Å². The molecule has 2 aromatic rings. The minimum atomic E-state index is -0.567. The molecule has 1 heterocycles. The standard InChI is InChI=1S/C21H31N3O2/c1-14(2)8-7-11-22-21(26)19(24-20(25)15(3)4)12-16-13-23-18-10-6-5-9-17(16)18/h5-6,9-10,13-15,19,23H,7-8,11-12H2,1-4H3,(H,22,26)(H,24,25). The number of carbonyl (C=O) groups is 2. The van der Waals surface area contributed by atoms with Crippen LogP contribution in [-0.4, -0.2) is 29.4 Å². The lowest BCUT2D eigenvalue weighted by atomic mass is 10.0. The summed E-state index contributed by atoms with van der Waals surface area (Å²) >= 11 is 0. The van der Waals surface area contributed by atoms with Crippen molar-refractivity contribution in [2.24, 2.45) is 11.8 Å². The van der Waals surface area contributed by atoms with E-state index in [4.69, 9.17) is 0 Å². The highest BCUT2D eigenvalue weighted by molar-refractivity contribution is 5.90. The van der Waals surface area contributed by atoms with Crippen molar-refractivity contribution in [1.29, 1.82) is 0 Å². The minimum absolute atomic E-state index is 0.104. The lowest BCUT2D eigenvalue weighted by molar-refractivity contribution is -0.130. The average molecular weight is 357 g/mol. The summed E-state index contributed by atoms with van der Waals surface area (Å²) in [5, 5.41) is 6.97. The molecule has 3 N–H and O–H groups in total. The second kappa shape index (κ2) is 9.41. The number of amides is 2. The lowest BCUT2D eigenvalue weighted by Crippen LogP contribution is -2.49. The lowest BCUT2D eigenvalue weighted by Gasteiger charge is -2.20. The number of nitrogens with one attached hydrogen (secondary N) is 3. The van der Waals surface area contributed by atoms with E-state index in [1.165, 1.54) is 0 Å². The largest absolute Gasteiger partial charge is 0.361 e. The van der Waals surface area contributed by atoms with Gasteiger partial charge < -0.3 is 15.6 Å². The maximum absolute atomic E-state index is 12.7. The number of hydrogen-bond acceptors (Lipinski definition) is 2. The Morgan fingerprint density at radius 2 is 1.81 bits per heavy atom. The fourth-order valence-corrected chi connectivity index (χ4v) is 2.91. The maximum atomic E-state index is 12.7. The SMILES string of the molecule is CC(C)CCCNC(=O)C(Cc1c[nH]c2ccccc12)NC(=O)C(C)C. The highest BCUT2D eigenvalue weighted by Gasteiger charge is 2.23. The van der Waals surface area contributed by atoms with Crippen LogP contribution in [0.25, 0.3) is 10.9 Å². The van der Waals surface area contributed by atoms with Gasteiger partial charge in [0.15, 0.2) is 0 Å². The van der Waals surface area contributed by atoms with Gasteiger partial charge in [0.1, 0.15) is 6.04 Å². The summed E-state index contributed by atoms with van der Waals surface area (Å²) in [5.74, 6) is 0.240. The maximum Gasteiger partial charge on any atom is 0.242 e. The molecule has 0 radical (unpaired) electrons. The average Bonchev–Trinajstić information content (AvgIpc) is 3.00. The van der Waals surface area contributed by atoms with E-state index in [1.54, 1.807) is 0 Å². The van der Waals surface area contributed by atoms with Gasteiger partial charge in [-0.3, -0.25) is 9.59 Å². The Morgan fingerprint density at radius 3 is 2.50 bits per heavy atom. The summed E-state index contributed by atoms with van der Waals surface area (Å²) in [4.78, 5) is 28.1. The van der Waals surface area contributed by atoms with Gasteiger partial charge in [-0.2, -0.15) is 0 Å². The van der Waals surface area contributed by atoms with Gasteiger partial charge in [0, 0.05) is 36.0 Å². The Bertz CT molecular complexity index is 734. The van der Waals surface area contributed by atoms with E-state index in [1.807, 2.05) is 44.3 Å². The molecule has 1 aromatic carbocycles. The molecule has 1 aromatic heterocycles. The Morgan fingerprint density at radius 1 is 1.08 bits per heavy atom. The van der Waals surface area contributed by atoms with E-state index in [-0.39, 0.29) is 17.7 Å². The zero-order valence-corrected chi connectivity index (χ0v) is 16.3. The Kier molecular flexibility index (Phi) is 7.25. The zero-order valence-electron chi connectivity index (χ0n) is 16.3. The van der Waals surface area contributed by atoms with E-state index >= 15 is 0 Å². The quantitative estimate of drug-likeness (QED) is 0.602. The number of fused-ring (bicyclic) bond motifs is 1. The van der Waals surface area contributed by atoms with Crippen molar-refractivity contribution in [3.05, 3.63) is 36.0 Å². The first-order chi connectivity index (χ1) is 12.4. The van der Waals surface area contributed by atoms with Crippen LogP contribution >= 0.6 is 0 Å². The first-order valence-electron chi connectivity index (χ1n) is 9.51. The van der Waals surface area contributed by atoms with Crippen molar-refractivity contribution in [3.63, 3.8) is 0 Å². The van der Waals surface area contributed by atoms with E-state index in [0.717, 1.165) is 29.3 Å². The fourth-order valence-electron chi connectivity index (χ4n) is 2.91. The van der Waals surface area contributed by atoms with Gasteiger partial charge >= 0.3 is 0 Å². The van der Waals surface area contributed by atoms with Crippen molar-refractivity contribution in [3.8, 4) is 0 Å². The highest BCUT2D eigenvalue weighted by Crippen LogP contribution is 2.19. The van der Waals surface area contributed by atoms with Crippen molar-refractivity contribution in [1.82, 2.24) is 15.6 Å². The van der Waals surface area contributed by atoms with Crippen molar-refractivity contribution in [2.45, 2.75) is 53.0 Å². The van der Waals surface area contributed by atoms with Crippen LogP contribution in [0.1, 0.15) is 46.1 Å². The molecule has 0 spiro atoms. The number of carbonyl (C=O) groups excluding carboxylic acids is 2. The second-order valence-corrected chi connectivity index (χ2v) is 7.61. The van der Waals surface area contributed by atoms with Gasteiger partial charge in [-0.25, -0.2) is 0 Å². The van der Waals surface area contributed by atoms with Gasteiger partial charge in [-0.05, 0) is 30.4 Å². The highest BCUT2D eigenvalue weighted by atomic mass is 16.2. The van der Waals surface area contributed by atoms with Crippen LogP contribution < -0.4 is 10.6 Å². The molecule has 0 aliphatic carbocycles. The minimum Gasteiger partial charge on any atom is -0.361 e. The predicted octanol–water partition coefficient (Wildman–Crippen LogP) is 3.40. The molecular weight excluding hydrogens is 326 g/mol. The number of aromatic amines is 1. The van der Waals surface area contributed by atoms with Crippen LogP contribution in [0.5, 0.6) is 0 Å². The van der Waals surface area contributed by atoms with E-state index in [0.29, 0.717) is 18.9 Å². The molecule has 0 aliphatic heterocycles. The summed E-state index contributed by atoms with van der Waals surface area (Å²) in [5.41, 5.74) is 2.07. The number of aromatic nitrogens is 1. The molecule has 2 rings (SSSR count). The van der Waals surface area contributed by atoms with E-state index < -0.39 is 6.04 Å². The zero-order chi connectivity index (χ0) is 19.1. The molecule has 1 atom stereocenters. The first kappa shape index (κ1) is 20.0. The van der Waals surface area contributed by atoms with Crippen LogP contribution in [0.4, 0.5) is 0 Å². The fraction of sp³-hybridized carbons (Fsp3) is 0.524. The normalized spacial score (nSPS) is 12.5. The molecule has 1 unspecified atom stereocenters. The number of para-hydroxylation sites is 1. The molecule has 0 fully saturated rings. The molecule has 142 valence electrons. The van der Waals surface area contributed by atoms with Crippen molar-refractivity contribution in [2.75, 3.05) is 6.54 Å². The third-order valence-electron chi connectivity index (χ3n) is 4.51. The van der Waals surface area contributed by atoms with E-state index in [2.05, 4.69) is 29.5 Å². The Labute approximate surface area is 155 Å². The van der Waals surface area contributed by atoms with Crippen molar-refractivity contribution < 1.29 is 9.59 Å². The molecule has 5 nitrogen and oxygen atoms in total. The molecular formula is C21H31N3O2. The van der Waals surface area contributed by atoms with E-state index in [9.17, 15) is 9.59 Å². The third-order valence-corrected chi connectivity index (χ3v) is 4.51. The molecule has 5 heteroatoms. The van der Waals surface area contributed by atoms with Crippen LogP contribution in [-0.2, 0) is 16.0 Å². The summed E-state index contributed by atoms with van der Waals surface area (Å²) in [6, 6.07) is 7.42. The Balaban J connectivity index is 2.07. The van der Waals surface area contributed by atoms with Gasteiger partial charge in [0.2, 0.25) is 11.8 Å². The molecule has 2 amide bonds. The van der Waals surface area contributed by atoms with Crippen LogP contribution in [0.2, 0.25) is 0 Å². The Hall–Kier alpha value is -2.30. The van der Waals surface area contributed by atoms with Gasteiger partial charge in [-0.1, -0.05) is 45.9 Å². The van der Waals surface area contributed by atoms with Gasteiger partial charge in [0.25, 0.3) is 0 Å². The number of hydrogen-bond donors (Lipinski definition) is 3. The molecule has 0 saturated heterocycles. The van der Waals surface area contributed by atoms with Gasteiger partial charge in [-0.15, -0.1) is 0 Å². The number of H-pyrrole nitrogens is 1. The number of rotatable bonds is 9.